The Bertz CT molecular complexity index is 631. The Kier molecular flexibility index (Phi) is 3.82. The minimum Gasteiger partial charge on any atom is -0.288 e. The minimum absolute atomic E-state index is 0.262. The molecular formula is C13H8BrF3OS. The predicted octanol–water partition coefficient (Wildman–Crippen LogP) is 5.07. The molecule has 0 saturated heterocycles. The average molecular weight is 349 g/mol. The van der Waals surface area contributed by atoms with Crippen LogP contribution in [0.1, 0.15) is 26.4 Å². The number of aryl methyl sites for hydroxylation is 1. The van der Waals surface area contributed by atoms with Crippen LogP contribution in [0.4, 0.5) is 13.2 Å². The van der Waals surface area contributed by atoms with Crippen LogP contribution in [-0.4, -0.2) is 5.78 Å². The Hall–Kier alpha value is -1.14. The number of benzene rings is 1. The molecule has 0 N–H and O–H groups in total. The summed E-state index contributed by atoms with van der Waals surface area (Å²) in [5, 5.41) is 0. The molecule has 0 bridgehead atoms. The maximum Gasteiger partial charge on any atom is 0.416 e. The molecule has 0 atom stereocenters. The fourth-order valence-corrected chi connectivity index (χ4v) is 3.00. The molecule has 0 radical (unpaired) electrons. The Morgan fingerprint density at radius 3 is 2.37 bits per heavy atom. The lowest BCUT2D eigenvalue weighted by Crippen LogP contribution is -2.08. The summed E-state index contributed by atoms with van der Waals surface area (Å²) in [5.74, 6) is -0.262. The van der Waals surface area contributed by atoms with Crippen molar-refractivity contribution < 1.29 is 18.0 Å². The predicted molar refractivity (Wildman–Crippen MR) is 71.6 cm³/mol. The largest absolute Gasteiger partial charge is 0.416 e. The third-order valence-electron chi connectivity index (χ3n) is 2.60. The fourth-order valence-electron chi connectivity index (χ4n) is 1.66. The zero-order chi connectivity index (χ0) is 14.2. The van der Waals surface area contributed by atoms with Crippen LogP contribution in [0.3, 0.4) is 0 Å². The second-order valence-corrected chi connectivity index (χ2v) is 6.42. The van der Waals surface area contributed by atoms with Gasteiger partial charge in [0.25, 0.3) is 0 Å². The van der Waals surface area contributed by atoms with E-state index >= 15 is 0 Å². The van der Waals surface area contributed by atoms with E-state index in [1.165, 1.54) is 24.3 Å². The van der Waals surface area contributed by atoms with Gasteiger partial charge in [-0.25, -0.2) is 0 Å². The van der Waals surface area contributed by atoms with Crippen molar-refractivity contribution in [3.8, 4) is 0 Å². The van der Waals surface area contributed by atoms with Gasteiger partial charge >= 0.3 is 6.18 Å². The van der Waals surface area contributed by atoms with Gasteiger partial charge in [0.2, 0.25) is 5.78 Å². The number of halogens is 4. The zero-order valence-corrected chi connectivity index (χ0v) is 12.1. The van der Waals surface area contributed by atoms with Gasteiger partial charge in [-0.15, -0.1) is 11.3 Å². The quantitative estimate of drug-likeness (QED) is 0.692. The molecule has 0 amide bonds. The van der Waals surface area contributed by atoms with E-state index in [1.54, 1.807) is 12.1 Å². The van der Waals surface area contributed by atoms with Crippen LogP contribution in [0.15, 0.2) is 34.1 Å². The average Bonchev–Trinajstić information content (AvgIpc) is 2.73. The van der Waals surface area contributed by atoms with Crippen molar-refractivity contribution in [1.82, 2.24) is 0 Å². The number of hydrogen-bond acceptors (Lipinski definition) is 2. The van der Waals surface area contributed by atoms with Crippen LogP contribution in [0.25, 0.3) is 0 Å². The number of thiophene rings is 1. The van der Waals surface area contributed by atoms with Crippen LogP contribution in [0.5, 0.6) is 0 Å². The van der Waals surface area contributed by atoms with E-state index in [-0.39, 0.29) is 5.78 Å². The first-order valence-electron chi connectivity index (χ1n) is 5.27. The summed E-state index contributed by atoms with van der Waals surface area (Å²) in [7, 11) is 0. The standard InChI is InChI=1S/C13H8BrF3OS/c1-7-6-8(13(15,16)17)2-3-9(7)12(18)10-4-5-11(14)19-10/h2-6H,1H3. The van der Waals surface area contributed by atoms with Gasteiger partial charge in [-0.1, -0.05) is 6.07 Å². The Morgan fingerprint density at radius 2 is 1.89 bits per heavy atom. The van der Waals surface area contributed by atoms with Gasteiger partial charge in [0, 0.05) is 5.56 Å². The molecule has 2 rings (SSSR count). The molecule has 1 heterocycles. The second-order valence-electron chi connectivity index (χ2n) is 3.96. The Balaban J connectivity index is 2.39. The highest BCUT2D eigenvalue weighted by Crippen LogP contribution is 2.31. The summed E-state index contributed by atoms with van der Waals surface area (Å²) in [6.45, 7) is 1.51. The van der Waals surface area contributed by atoms with Crippen LogP contribution in [-0.2, 0) is 6.18 Å². The van der Waals surface area contributed by atoms with Crippen LogP contribution in [0, 0.1) is 6.92 Å². The first kappa shape index (κ1) is 14.3. The fraction of sp³-hybridized carbons (Fsp3) is 0.154. The Labute approximate surface area is 120 Å². The van der Waals surface area contributed by atoms with Gasteiger partial charge in [-0.05, 0) is 52.7 Å². The van der Waals surface area contributed by atoms with Gasteiger partial charge in [0.05, 0.1) is 14.2 Å². The molecule has 1 aromatic heterocycles. The summed E-state index contributed by atoms with van der Waals surface area (Å²) in [5.41, 5.74) is -0.124. The van der Waals surface area contributed by atoms with Crippen LogP contribution < -0.4 is 0 Å². The third kappa shape index (κ3) is 3.06. The number of carbonyl (C=O) groups is 1. The number of ketones is 1. The number of alkyl halides is 3. The smallest absolute Gasteiger partial charge is 0.288 e. The maximum atomic E-state index is 12.5. The summed E-state index contributed by atoms with van der Waals surface area (Å²) < 4.78 is 38.4. The van der Waals surface area contributed by atoms with Gasteiger partial charge in [-0.2, -0.15) is 13.2 Å². The van der Waals surface area contributed by atoms with Crippen molar-refractivity contribution >= 4 is 33.0 Å². The van der Waals surface area contributed by atoms with Crippen molar-refractivity contribution in [2.75, 3.05) is 0 Å². The molecule has 6 heteroatoms. The molecule has 1 aromatic carbocycles. The Morgan fingerprint density at radius 1 is 1.21 bits per heavy atom. The van der Waals surface area contributed by atoms with E-state index in [9.17, 15) is 18.0 Å². The van der Waals surface area contributed by atoms with Gasteiger partial charge in [-0.3, -0.25) is 4.79 Å². The summed E-state index contributed by atoms with van der Waals surface area (Å²) in [6.07, 6.45) is -4.39. The topological polar surface area (TPSA) is 17.1 Å². The van der Waals surface area contributed by atoms with Crippen molar-refractivity contribution in [3.05, 3.63) is 55.7 Å². The van der Waals surface area contributed by atoms with E-state index in [0.717, 1.165) is 15.9 Å². The van der Waals surface area contributed by atoms with E-state index in [4.69, 9.17) is 0 Å². The molecule has 0 aliphatic carbocycles. The molecule has 0 unspecified atom stereocenters. The number of hydrogen-bond donors (Lipinski definition) is 0. The van der Waals surface area contributed by atoms with Crippen molar-refractivity contribution in [2.24, 2.45) is 0 Å². The molecular weight excluding hydrogens is 341 g/mol. The highest BCUT2D eigenvalue weighted by molar-refractivity contribution is 9.11. The lowest BCUT2D eigenvalue weighted by atomic mass is 10.0. The highest BCUT2D eigenvalue weighted by Gasteiger charge is 2.31. The lowest BCUT2D eigenvalue weighted by molar-refractivity contribution is -0.137. The lowest BCUT2D eigenvalue weighted by Gasteiger charge is -2.09. The van der Waals surface area contributed by atoms with Gasteiger partial charge in [0.1, 0.15) is 0 Å². The molecule has 2 aromatic rings. The summed E-state index contributed by atoms with van der Waals surface area (Å²) >= 11 is 4.50. The van der Waals surface area contributed by atoms with Crippen molar-refractivity contribution in [2.45, 2.75) is 13.1 Å². The normalized spacial score (nSPS) is 11.6. The second kappa shape index (κ2) is 5.09. The van der Waals surface area contributed by atoms with Crippen molar-refractivity contribution in [1.29, 1.82) is 0 Å². The molecule has 1 nitrogen and oxygen atoms in total. The zero-order valence-electron chi connectivity index (χ0n) is 9.72. The first-order chi connectivity index (χ1) is 8.79. The number of rotatable bonds is 2. The van der Waals surface area contributed by atoms with E-state index in [2.05, 4.69) is 15.9 Å². The SMILES string of the molecule is Cc1cc(C(F)(F)F)ccc1C(=O)c1ccc(Br)s1. The molecule has 19 heavy (non-hydrogen) atoms. The van der Waals surface area contributed by atoms with E-state index in [1.807, 2.05) is 0 Å². The molecule has 0 saturated carbocycles. The summed E-state index contributed by atoms with van der Waals surface area (Å²) in [4.78, 5) is 12.6. The van der Waals surface area contributed by atoms with Crippen LogP contribution in [0.2, 0.25) is 0 Å². The maximum absolute atomic E-state index is 12.5. The van der Waals surface area contributed by atoms with E-state index < -0.39 is 11.7 Å². The summed E-state index contributed by atoms with van der Waals surface area (Å²) in [6, 6.07) is 6.54. The molecule has 100 valence electrons. The van der Waals surface area contributed by atoms with E-state index in [0.29, 0.717) is 16.0 Å². The first-order valence-corrected chi connectivity index (χ1v) is 6.88. The molecule has 0 spiro atoms. The molecule has 0 aliphatic rings. The number of carbonyl (C=O) groups excluding carboxylic acids is 1. The van der Waals surface area contributed by atoms with Gasteiger partial charge < -0.3 is 0 Å². The molecule has 0 fully saturated rings. The molecule has 0 aliphatic heterocycles. The van der Waals surface area contributed by atoms with Crippen molar-refractivity contribution in [3.63, 3.8) is 0 Å². The van der Waals surface area contributed by atoms with Crippen LogP contribution >= 0.6 is 27.3 Å². The third-order valence-corrected chi connectivity index (χ3v) is 4.22. The highest BCUT2D eigenvalue weighted by atomic mass is 79.9. The van der Waals surface area contributed by atoms with Gasteiger partial charge in [0.15, 0.2) is 0 Å². The monoisotopic (exact) mass is 348 g/mol. The minimum atomic E-state index is -4.39.